The molecule has 2 aromatic carbocycles. The zero-order chi connectivity index (χ0) is 19.8. The molecular weight excluding hydrogens is 424 g/mol. The lowest BCUT2D eigenvalue weighted by molar-refractivity contribution is -0.148. The van der Waals surface area contributed by atoms with E-state index in [2.05, 4.69) is 21.2 Å². The number of carbonyl (C=O) groups is 3. The number of nitrogens with one attached hydrogen (secondary N) is 1. The zero-order valence-electron chi connectivity index (χ0n) is 15.2. The molecule has 2 heterocycles. The lowest BCUT2D eigenvalue weighted by Gasteiger charge is -2.22. The summed E-state index contributed by atoms with van der Waals surface area (Å²) in [4.78, 5) is 40.2. The van der Waals surface area contributed by atoms with Crippen LogP contribution in [-0.2, 0) is 19.1 Å². The number of anilines is 1. The third-order valence-electron chi connectivity index (χ3n) is 5.26. The number of fused-ring (bicyclic) bond motifs is 1. The summed E-state index contributed by atoms with van der Waals surface area (Å²) in [5.41, 5.74) is 1.37. The number of benzene rings is 2. The standard InChI is InChI=1S/C21H19BrN2O4/c1-2-28-21(27)18-16-15(17(23-18)12-6-4-3-5-7-12)19(25)24(20(16)26)14-10-8-13(22)9-11-14/h3-11,15-18,23H,2H2,1H3/t15-,16+,17-,18+/m1/s1. The highest BCUT2D eigenvalue weighted by Gasteiger charge is 2.61. The number of carbonyl (C=O) groups excluding carboxylic acids is 3. The topological polar surface area (TPSA) is 75.7 Å². The second kappa shape index (κ2) is 7.48. The van der Waals surface area contributed by atoms with Crippen LogP contribution in [-0.4, -0.2) is 30.4 Å². The molecule has 2 amide bonds. The second-order valence-corrected chi connectivity index (χ2v) is 7.74. The first-order chi connectivity index (χ1) is 13.5. The molecule has 0 spiro atoms. The highest BCUT2D eigenvalue weighted by atomic mass is 79.9. The summed E-state index contributed by atoms with van der Waals surface area (Å²) in [5.74, 6) is -2.63. The molecule has 0 bridgehead atoms. The van der Waals surface area contributed by atoms with Gasteiger partial charge in [0, 0.05) is 10.5 Å². The summed E-state index contributed by atoms with van der Waals surface area (Å²) < 4.78 is 6.02. The second-order valence-electron chi connectivity index (χ2n) is 6.82. The molecule has 0 unspecified atom stereocenters. The minimum absolute atomic E-state index is 0.211. The van der Waals surface area contributed by atoms with Crippen molar-refractivity contribution in [2.75, 3.05) is 11.5 Å². The van der Waals surface area contributed by atoms with Crippen molar-refractivity contribution in [3.63, 3.8) is 0 Å². The molecule has 0 aromatic heterocycles. The van der Waals surface area contributed by atoms with E-state index in [1.54, 1.807) is 31.2 Å². The van der Waals surface area contributed by atoms with Crippen LogP contribution in [0.1, 0.15) is 18.5 Å². The maximum absolute atomic E-state index is 13.3. The van der Waals surface area contributed by atoms with Crippen LogP contribution >= 0.6 is 15.9 Å². The molecule has 6 nitrogen and oxygen atoms in total. The Hall–Kier alpha value is -2.51. The number of ether oxygens (including phenoxy) is 1. The molecule has 2 fully saturated rings. The monoisotopic (exact) mass is 442 g/mol. The van der Waals surface area contributed by atoms with Gasteiger partial charge in [-0.3, -0.25) is 19.7 Å². The van der Waals surface area contributed by atoms with Gasteiger partial charge in [-0.2, -0.15) is 0 Å². The zero-order valence-corrected chi connectivity index (χ0v) is 16.8. The number of nitrogens with zero attached hydrogens (tertiary/aromatic N) is 1. The van der Waals surface area contributed by atoms with E-state index in [0.29, 0.717) is 5.69 Å². The molecule has 7 heteroatoms. The first-order valence-corrected chi connectivity index (χ1v) is 9.93. The minimum atomic E-state index is -0.855. The van der Waals surface area contributed by atoms with Crippen molar-refractivity contribution >= 4 is 39.4 Å². The van der Waals surface area contributed by atoms with E-state index in [0.717, 1.165) is 10.0 Å². The van der Waals surface area contributed by atoms with Crippen molar-refractivity contribution < 1.29 is 19.1 Å². The van der Waals surface area contributed by atoms with Crippen LogP contribution in [0.3, 0.4) is 0 Å². The van der Waals surface area contributed by atoms with Gasteiger partial charge in [0.2, 0.25) is 11.8 Å². The van der Waals surface area contributed by atoms with Gasteiger partial charge in [-0.25, -0.2) is 4.90 Å². The molecule has 0 saturated carbocycles. The van der Waals surface area contributed by atoms with Gasteiger partial charge in [0.25, 0.3) is 0 Å². The molecular formula is C21H19BrN2O4. The van der Waals surface area contributed by atoms with Crippen molar-refractivity contribution in [1.82, 2.24) is 5.32 Å². The summed E-state index contributed by atoms with van der Waals surface area (Å²) in [5, 5.41) is 3.19. The van der Waals surface area contributed by atoms with Crippen LogP contribution in [0.2, 0.25) is 0 Å². The van der Waals surface area contributed by atoms with E-state index >= 15 is 0 Å². The number of rotatable bonds is 4. The Morgan fingerprint density at radius 3 is 2.32 bits per heavy atom. The first-order valence-electron chi connectivity index (χ1n) is 9.14. The van der Waals surface area contributed by atoms with Crippen LogP contribution in [0.25, 0.3) is 0 Å². The highest BCUT2D eigenvalue weighted by Crippen LogP contribution is 2.45. The van der Waals surface area contributed by atoms with Gasteiger partial charge in [-0.1, -0.05) is 46.3 Å². The number of halogens is 1. The number of hydrogen-bond acceptors (Lipinski definition) is 5. The van der Waals surface area contributed by atoms with Crippen molar-refractivity contribution in [2.45, 2.75) is 19.0 Å². The van der Waals surface area contributed by atoms with Crippen LogP contribution in [0.4, 0.5) is 5.69 Å². The Labute approximate surface area is 171 Å². The largest absolute Gasteiger partial charge is 0.465 e. The van der Waals surface area contributed by atoms with Crippen molar-refractivity contribution in [1.29, 1.82) is 0 Å². The average molecular weight is 443 g/mol. The van der Waals surface area contributed by atoms with E-state index in [-0.39, 0.29) is 18.4 Å². The Kier molecular flexibility index (Phi) is 5.03. The van der Waals surface area contributed by atoms with E-state index in [4.69, 9.17) is 4.74 Å². The Morgan fingerprint density at radius 1 is 1.04 bits per heavy atom. The number of imide groups is 1. The number of amides is 2. The van der Waals surface area contributed by atoms with Crippen molar-refractivity contribution in [3.05, 3.63) is 64.6 Å². The van der Waals surface area contributed by atoms with Gasteiger partial charge in [-0.15, -0.1) is 0 Å². The lowest BCUT2D eigenvalue weighted by atomic mass is 9.86. The van der Waals surface area contributed by atoms with Crippen LogP contribution in [0.5, 0.6) is 0 Å². The summed E-state index contributed by atoms with van der Waals surface area (Å²) in [6, 6.07) is 15.1. The van der Waals surface area contributed by atoms with E-state index in [9.17, 15) is 14.4 Å². The van der Waals surface area contributed by atoms with E-state index < -0.39 is 29.9 Å². The van der Waals surface area contributed by atoms with Gasteiger partial charge in [0.15, 0.2) is 0 Å². The van der Waals surface area contributed by atoms with Gasteiger partial charge < -0.3 is 4.74 Å². The molecule has 4 atom stereocenters. The molecule has 1 N–H and O–H groups in total. The molecule has 0 radical (unpaired) electrons. The van der Waals surface area contributed by atoms with Crippen LogP contribution < -0.4 is 10.2 Å². The Balaban J connectivity index is 1.75. The highest BCUT2D eigenvalue weighted by molar-refractivity contribution is 9.10. The maximum atomic E-state index is 13.3. The molecule has 2 aromatic rings. The Bertz CT molecular complexity index is 916. The normalized spacial score (nSPS) is 26.4. The fourth-order valence-electron chi connectivity index (χ4n) is 4.07. The predicted octanol–water partition coefficient (Wildman–Crippen LogP) is 2.83. The van der Waals surface area contributed by atoms with Gasteiger partial charge in [0.05, 0.1) is 24.1 Å². The Morgan fingerprint density at radius 2 is 1.68 bits per heavy atom. The average Bonchev–Trinajstić information content (AvgIpc) is 3.21. The third-order valence-corrected chi connectivity index (χ3v) is 5.79. The maximum Gasteiger partial charge on any atom is 0.324 e. The van der Waals surface area contributed by atoms with Crippen LogP contribution in [0, 0.1) is 11.8 Å². The van der Waals surface area contributed by atoms with Gasteiger partial charge in [0.1, 0.15) is 6.04 Å². The molecule has 0 aliphatic carbocycles. The van der Waals surface area contributed by atoms with E-state index in [1.807, 2.05) is 30.3 Å². The first kappa shape index (κ1) is 18.8. The molecule has 28 heavy (non-hydrogen) atoms. The lowest BCUT2D eigenvalue weighted by Crippen LogP contribution is -2.44. The summed E-state index contributed by atoms with van der Waals surface area (Å²) >= 11 is 3.36. The number of esters is 1. The molecule has 2 aliphatic rings. The fraction of sp³-hybridized carbons (Fsp3) is 0.286. The number of hydrogen-bond donors (Lipinski definition) is 1. The molecule has 144 valence electrons. The summed E-state index contributed by atoms with van der Waals surface area (Å²) in [7, 11) is 0. The van der Waals surface area contributed by atoms with E-state index in [1.165, 1.54) is 4.90 Å². The fourth-order valence-corrected chi connectivity index (χ4v) is 4.33. The summed E-state index contributed by atoms with van der Waals surface area (Å²) in [6.07, 6.45) is 0. The molecule has 2 aliphatic heterocycles. The SMILES string of the molecule is CCOC(=O)[C@H]1N[C@H](c2ccccc2)[C@@H]2C(=O)N(c3ccc(Br)cc3)C(=O)[C@@H]21. The quantitative estimate of drug-likeness (QED) is 0.581. The van der Waals surface area contributed by atoms with Crippen molar-refractivity contribution in [2.24, 2.45) is 11.8 Å². The van der Waals surface area contributed by atoms with Crippen LogP contribution in [0.15, 0.2) is 59.1 Å². The third kappa shape index (κ3) is 3.04. The predicted molar refractivity (Wildman–Crippen MR) is 106 cm³/mol. The van der Waals surface area contributed by atoms with Crippen molar-refractivity contribution in [3.8, 4) is 0 Å². The minimum Gasteiger partial charge on any atom is -0.465 e. The smallest absolute Gasteiger partial charge is 0.324 e. The van der Waals surface area contributed by atoms with Gasteiger partial charge >= 0.3 is 5.97 Å². The summed E-state index contributed by atoms with van der Waals surface area (Å²) in [6.45, 7) is 1.93. The molecule has 2 saturated heterocycles. The molecule has 4 rings (SSSR count). The van der Waals surface area contributed by atoms with Gasteiger partial charge in [-0.05, 0) is 36.8 Å².